The van der Waals surface area contributed by atoms with Gasteiger partial charge in [0.15, 0.2) is 9.84 Å². The van der Waals surface area contributed by atoms with Gasteiger partial charge in [0.1, 0.15) is 0 Å². The molecule has 0 aliphatic carbocycles. The van der Waals surface area contributed by atoms with E-state index in [1.807, 2.05) is 0 Å². The van der Waals surface area contributed by atoms with E-state index in [1.165, 1.54) is 0 Å². The molecule has 0 aromatic carbocycles. The van der Waals surface area contributed by atoms with Crippen molar-refractivity contribution in [3.05, 3.63) is 0 Å². The molecule has 0 saturated carbocycles. The Balaban J connectivity index is 0.000000184. The molecule has 0 aromatic heterocycles. The van der Waals surface area contributed by atoms with Crippen molar-refractivity contribution < 1.29 is 13.2 Å². The minimum Gasteiger partial charge on any atom is -0.381 e. The van der Waals surface area contributed by atoms with E-state index in [4.69, 9.17) is 4.74 Å². The predicted molar refractivity (Wildman–Crippen MR) is 75.4 cm³/mol. The van der Waals surface area contributed by atoms with Crippen LogP contribution >= 0.6 is 0 Å². The summed E-state index contributed by atoms with van der Waals surface area (Å²) in [6.45, 7) is 15.0. The maximum Gasteiger partial charge on any atom is 0.150 e. The molecular formula is C14H28O3S. The van der Waals surface area contributed by atoms with Gasteiger partial charge < -0.3 is 4.74 Å². The number of hydrogen-bond acceptors (Lipinski definition) is 3. The van der Waals surface area contributed by atoms with Crippen LogP contribution in [0, 0.1) is 22.7 Å². The number of ether oxygens (including phenoxy) is 1. The SMILES string of the molecule is CC(C)(C)C1COC1.CC(C)(C)C1CS(=O)(=O)C1. The Kier molecular flexibility index (Phi) is 4.54. The molecule has 0 atom stereocenters. The van der Waals surface area contributed by atoms with Crippen molar-refractivity contribution in [1.29, 1.82) is 0 Å². The predicted octanol–water partition coefficient (Wildman–Crippen LogP) is 2.76. The lowest BCUT2D eigenvalue weighted by atomic mass is 9.80. The molecule has 0 unspecified atom stereocenters. The smallest absolute Gasteiger partial charge is 0.150 e. The van der Waals surface area contributed by atoms with Crippen LogP contribution in [-0.2, 0) is 14.6 Å². The van der Waals surface area contributed by atoms with E-state index in [-0.39, 0.29) is 5.41 Å². The number of sulfone groups is 1. The van der Waals surface area contributed by atoms with Gasteiger partial charge in [-0.2, -0.15) is 0 Å². The Bertz CT molecular complexity index is 355. The summed E-state index contributed by atoms with van der Waals surface area (Å²) in [6, 6.07) is 0. The molecular weight excluding hydrogens is 248 g/mol. The molecule has 3 nitrogen and oxygen atoms in total. The molecule has 2 fully saturated rings. The summed E-state index contributed by atoms with van der Waals surface area (Å²) < 4.78 is 26.5. The zero-order valence-electron chi connectivity index (χ0n) is 12.6. The molecule has 2 heterocycles. The monoisotopic (exact) mass is 276 g/mol. The van der Waals surface area contributed by atoms with Crippen molar-refractivity contribution in [2.75, 3.05) is 24.7 Å². The van der Waals surface area contributed by atoms with E-state index in [9.17, 15) is 8.42 Å². The lowest BCUT2D eigenvalue weighted by Crippen LogP contribution is -2.43. The Morgan fingerprint density at radius 3 is 1.28 bits per heavy atom. The van der Waals surface area contributed by atoms with Crippen LogP contribution in [0.25, 0.3) is 0 Å². The van der Waals surface area contributed by atoms with Crippen LogP contribution in [0.5, 0.6) is 0 Å². The molecule has 0 radical (unpaired) electrons. The number of hydrogen-bond donors (Lipinski definition) is 0. The fourth-order valence-corrected chi connectivity index (χ4v) is 3.93. The first kappa shape index (κ1) is 16.0. The van der Waals surface area contributed by atoms with E-state index >= 15 is 0 Å². The molecule has 0 N–H and O–H groups in total. The van der Waals surface area contributed by atoms with Crippen LogP contribution in [0.15, 0.2) is 0 Å². The summed E-state index contributed by atoms with van der Waals surface area (Å²) in [5.41, 5.74) is 0.642. The fourth-order valence-electron chi connectivity index (χ4n) is 1.80. The topological polar surface area (TPSA) is 43.4 Å². The van der Waals surface area contributed by atoms with Gasteiger partial charge in [0, 0.05) is 5.92 Å². The van der Waals surface area contributed by atoms with Crippen molar-refractivity contribution in [3.63, 3.8) is 0 Å². The van der Waals surface area contributed by atoms with Crippen molar-refractivity contribution in [3.8, 4) is 0 Å². The molecule has 2 aliphatic rings. The third-order valence-electron chi connectivity index (χ3n) is 4.00. The number of rotatable bonds is 0. The third kappa shape index (κ3) is 4.54. The molecule has 0 aromatic rings. The molecule has 108 valence electrons. The average Bonchev–Trinajstić information content (AvgIpc) is 1.91. The highest BCUT2D eigenvalue weighted by atomic mass is 32.2. The molecule has 18 heavy (non-hydrogen) atoms. The average molecular weight is 276 g/mol. The summed E-state index contributed by atoms with van der Waals surface area (Å²) in [5.74, 6) is 1.99. The van der Waals surface area contributed by atoms with Crippen LogP contribution in [0.3, 0.4) is 0 Å². The standard InChI is InChI=1S/C7H14O2S.C7H14O/c1-7(2,3)6-4-10(8,9)5-6;1-7(2,3)6-4-8-5-6/h6H,4-5H2,1-3H3;6H,4-5H2,1-3H3. The minimum absolute atomic E-state index is 0.172. The molecule has 0 bridgehead atoms. The van der Waals surface area contributed by atoms with Gasteiger partial charge in [-0.25, -0.2) is 8.42 Å². The van der Waals surface area contributed by atoms with Crippen molar-refractivity contribution in [1.82, 2.24) is 0 Å². The molecule has 4 heteroatoms. The zero-order chi connectivity index (χ0) is 14.2. The summed E-state index contributed by atoms with van der Waals surface area (Å²) in [5, 5.41) is 0. The Morgan fingerprint density at radius 1 is 0.833 bits per heavy atom. The highest BCUT2D eigenvalue weighted by Crippen LogP contribution is 2.35. The van der Waals surface area contributed by atoms with Crippen LogP contribution in [0.4, 0.5) is 0 Å². The summed E-state index contributed by atoms with van der Waals surface area (Å²) in [4.78, 5) is 0. The second kappa shape index (κ2) is 5.12. The first-order valence-corrected chi connectivity index (χ1v) is 8.52. The van der Waals surface area contributed by atoms with Gasteiger partial charge in [-0.3, -0.25) is 0 Å². The van der Waals surface area contributed by atoms with Gasteiger partial charge in [-0.1, -0.05) is 41.5 Å². The van der Waals surface area contributed by atoms with Gasteiger partial charge in [-0.15, -0.1) is 0 Å². The second-order valence-corrected chi connectivity index (χ2v) is 9.89. The highest BCUT2D eigenvalue weighted by Gasteiger charge is 2.40. The maximum absolute atomic E-state index is 10.7. The van der Waals surface area contributed by atoms with Gasteiger partial charge in [0.25, 0.3) is 0 Å². The van der Waals surface area contributed by atoms with E-state index in [1.54, 1.807) is 0 Å². The largest absolute Gasteiger partial charge is 0.381 e. The van der Waals surface area contributed by atoms with Gasteiger partial charge in [0.2, 0.25) is 0 Å². The molecule has 2 saturated heterocycles. The van der Waals surface area contributed by atoms with E-state index in [0.717, 1.165) is 19.1 Å². The van der Waals surface area contributed by atoms with E-state index in [2.05, 4.69) is 41.5 Å². The quantitative estimate of drug-likeness (QED) is 0.683. The van der Waals surface area contributed by atoms with Crippen molar-refractivity contribution in [2.24, 2.45) is 22.7 Å². The first-order valence-electron chi connectivity index (χ1n) is 6.70. The summed E-state index contributed by atoms with van der Waals surface area (Å²) in [6.07, 6.45) is 0. The van der Waals surface area contributed by atoms with Crippen LogP contribution in [0.1, 0.15) is 41.5 Å². The lowest BCUT2D eigenvalue weighted by molar-refractivity contribution is -0.0821. The minimum atomic E-state index is -2.61. The van der Waals surface area contributed by atoms with E-state index in [0.29, 0.717) is 22.8 Å². The van der Waals surface area contributed by atoms with Crippen molar-refractivity contribution >= 4 is 9.84 Å². The summed E-state index contributed by atoms with van der Waals surface area (Å²) >= 11 is 0. The molecule has 0 amide bonds. The molecule has 2 rings (SSSR count). The Hall–Kier alpha value is -0.0900. The normalized spacial score (nSPS) is 24.6. The molecule has 0 spiro atoms. The van der Waals surface area contributed by atoms with Gasteiger partial charge >= 0.3 is 0 Å². The van der Waals surface area contributed by atoms with E-state index < -0.39 is 9.84 Å². The van der Waals surface area contributed by atoms with Crippen LogP contribution in [0.2, 0.25) is 0 Å². The zero-order valence-corrected chi connectivity index (χ0v) is 13.4. The fraction of sp³-hybridized carbons (Fsp3) is 1.00. The van der Waals surface area contributed by atoms with Gasteiger partial charge in [0.05, 0.1) is 24.7 Å². The molecule has 2 aliphatic heterocycles. The Morgan fingerprint density at radius 2 is 1.22 bits per heavy atom. The first-order chi connectivity index (χ1) is 7.92. The maximum atomic E-state index is 10.7. The Labute approximate surface area is 112 Å². The lowest BCUT2D eigenvalue weighted by Gasteiger charge is -2.37. The highest BCUT2D eigenvalue weighted by molar-refractivity contribution is 7.92. The van der Waals surface area contributed by atoms with Crippen LogP contribution < -0.4 is 0 Å². The second-order valence-electron chi connectivity index (χ2n) is 7.74. The van der Waals surface area contributed by atoms with Crippen LogP contribution in [-0.4, -0.2) is 33.1 Å². The van der Waals surface area contributed by atoms with Gasteiger partial charge in [-0.05, 0) is 16.7 Å². The summed E-state index contributed by atoms with van der Waals surface area (Å²) in [7, 11) is -2.61. The third-order valence-corrected chi connectivity index (χ3v) is 5.82. The van der Waals surface area contributed by atoms with Crippen molar-refractivity contribution in [2.45, 2.75) is 41.5 Å².